The number of halogens is 1. The highest BCUT2D eigenvalue weighted by molar-refractivity contribution is 5.86. The van der Waals surface area contributed by atoms with Crippen molar-refractivity contribution in [1.29, 1.82) is 0 Å². The van der Waals surface area contributed by atoms with Crippen molar-refractivity contribution in [1.82, 2.24) is 9.55 Å². The van der Waals surface area contributed by atoms with Gasteiger partial charge in [-0.3, -0.25) is 9.36 Å². The van der Waals surface area contributed by atoms with Gasteiger partial charge in [0.05, 0.1) is 5.39 Å². The van der Waals surface area contributed by atoms with Crippen LogP contribution in [0.5, 0.6) is 0 Å². The number of pyridine rings is 2. The fraction of sp³-hybridized carbons (Fsp3) is 0.0370. The lowest BCUT2D eigenvalue weighted by Gasteiger charge is -2.19. The molecule has 0 saturated carbocycles. The summed E-state index contributed by atoms with van der Waals surface area (Å²) in [5.74, 6) is 0.324. The van der Waals surface area contributed by atoms with Crippen molar-refractivity contribution in [2.24, 2.45) is 0 Å². The van der Waals surface area contributed by atoms with Gasteiger partial charge >= 0.3 is 0 Å². The number of aryl methyl sites for hydroxylation is 1. The predicted molar refractivity (Wildman–Crippen MR) is 127 cm³/mol. The molecule has 2 aromatic heterocycles. The van der Waals surface area contributed by atoms with Gasteiger partial charge in [-0.25, -0.2) is 9.37 Å². The van der Waals surface area contributed by atoms with E-state index in [0.717, 1.165) is 28.2 Å². The molecule has 0 radical (unpaired) electrons. The standard InChI is InChI=1S/C27H20FN3O/c1-18-23(19-12-14-20(28)15-13-19)16-24-25(32)17-26(30-21-8-4-2-5-9-21)31(27(24)29-18)22-10-6-3-7-11-22/h2-17,30H,1H3. The van der Waals surface area contributed by atoms with E-state index in [-0.39, 0.29) is 11.2 Å². The molecular weight excluding hydrogens is 401 g/mol. The second-order valence-corrected chi connectivity index (χ2v) is 7.56. The molecule has 0 aliphatic carbocycles. The van der Waals surface area contributed by atoms with E-state index in [1.54, 1.807) is 18.2 Å². The molecular formula is C27H20FN3O. The van der Waals surface area contributed by atoms with E-state index in [9.17, 15) is 9.18 Å². The minimum atomic E-state index is -0.303. The van der Waals surface area contributed by atoms with Crippen molar-refractivity contribution in [3.63, 3.8) is 0 Å². The first kappa shape index (κ1) is 19.7. The summed E-state index contributed by atoms with van der Waals surface area (Å²) in [5, 5.41) is 3.85. The second-order valence-electron chi connectivity index (χ2n) is 7.56. The van der Waals surface area contributed by atoms with Crippen LogP contribution >= 0.6 is 0 Å². The van der Waals surface area contributed by atoms with Crippen molar-refractivity contribution >= 4 is 22.5 Å². The Hall–Kier alpha value is -4.25. The highest BCUT2D eigenvalue weighted by atomic mass is 19.1. The van der Waals surface area contributed by atoms with Crippen molar-refractivity contribution in [2.75, 3.05) is 5.32 Å². The summed E-state index contributed by atoms with van der Waals surface area (Å²) >= 11 is 0. The quantitative estimate of drug-likeness (QED) is 0.373. The van der Waals surface area contributed by atoms with E-state index in [2.05, 4.69) is 5.32 Å². The fourth-order valence-corrected chi connectivity index (χ4v) is 3.85. The molecule has 0 saturated heterocycles. The normalized spacial score (nSPS) is 10.9. The van der Waals surface area contributed by atoms with Crippen molar-refractivity contribution in [3.05, 3.63) is 119 Å². The lowest BCUT2D eigenvalue weighted by atomic mass is 10.0. The van der Waals surface area contributed by atoms with Crippen LogP contribution in [0.4, 0.5) is 15.9 Å². The van der Waals surface area contributed by atoms with Gasteiger partial charge in [-0.15, -0.1) is 0 Å². The molecule has 0 unspecified atom stereocenters. The maximum Gasteiger partial charge on any atom is 0.193 e. The Balaban J connectivity index is 1.78. The molecule has 0 aliphatic heterocycles. The number of benzene rings is 3. The largest absolute Gasteiger partial charge is 0.341 e. The average molecular weight is 421 g/mol. The maximum absolute atomic E-state index is 13.4. The van der Waals surface area contributed by atoms with E-state index in [4.69, 9.17) is 4.98 Å². The zero-order valence-electron chi connectivity index (χ0n) is 17.4. The molecule has 5 aromatic rings. The van der Waals surface area contributed by atoms with Crippen molar-refractivity contribution in [3.8, 4) is 16.8 Å². The molecule has 32 heavy (non-hydrogen) atoms. The Kier molecular flexibility index (Phi) is 5.00. The van der Waals surface area contributed by atoms with E-state index in [1.807, 2.05) is 78.2 Å². The molecule has 156 valence electrons. The molecule has 0 fully saturated rings. The summed E-state index contributed by atoms with van der Waals surface area (Å²) in [6.07, 6.45) is 0. The van der Waals surface area contributed by atoms with Gasteiger partial charge < -0.3 is 5.32 Å². The Morgan fingerprint density at radius 2 is 1.50 bits per heavy atom. The lowest BCUT2D eigenvalue weighted by Crippen LogP contribution is -2.14. The topological polar surface area (TPSA) is 46.9 Å². The van der Waals surface area contributed by atoms with Gasteiger partial charge in [-0.1, -0.05) is 48.5 Å². The smallest absolute Gasteiger partial charge is 0.193 e. The monoisotopic (exact) mass is 421 g/mol. The number of hydrogen-bond acceptors (Lipinski definition) is 3. The number of anilines is 2. The van der Waals surface area contributed by atoms with Crippen LogP contribution in [0.3, 0.4) is 0 Å². The third-order valence-electron chi connectivity index (χ3n) is 5.39. The number of rotatable bonds is 4. The molecule has 3 aromatic carbocycles. The highest BCUT2D eigenvalue weighted by Crippen LogP contribution is 2.29. The Bertz CT molecular complexity index is 1460. The first-order chi connectivity index (χ1) is 15.6. The van der Waals surface area contributed by atoms with Gasteiger partial charge in [0, 0.05) is 28.7 Å². The maximum atomic E-state index is 13.4. The highest BCUT2D eigenvalue weighted by Gasteiger charge is 2.16. The molecule has 4 nitrogen and oxygen atoms in total. The van der Waals surface area contributed by atoms with E-state index in [1.165, 1.54) is 12.1 Å². The molecule has 0 aliphatic rings. The van der Waals surface area contributed by atoms with Crippen LogP contribution in [0.25, 0.3) is 27.8 Å². The van der Waals surface area contributed by atoms with Gasteiger partial charge in [0.15, 0.2) is 5.43 Å². The molecule has 5 rings (SSSR count). The molecule has 1 N–H and O–H groups in total. The Labute approximate surface area is 184 Å². The van der Waals surface area contributed by atoms with Gasteiger partial charge in [-0.2, -0.15) is 0 Å². The van der Waals surface area contributed by atoms with Crippen LogP contribution in [0.2, 0.25) is 0 Å². The Morgan fingerprint density at radius 1 is 0.844 bits per heavy atom. The lowest BCUT2D eigenvalue weighted by molar-refractivity contribution is 0.628. The van der Waals surface area contributed by atoms with Crippen LogP contribution < -0.4 is 10.7 Å². The van der Waals surface area contributed by atoms with Crippen molar-refractivity contribution in [2.45, 2.75) is 6.92 Å². The minimum Gasteiger partial charge on any atom is -0.341 e. The summed E-state index contributed by atoms with van der Waals surface area (Å²) < 4.78 is 15.4. The first-order valence-corrected chi connectivity index (χ1v) is 10.3. The SMILES string of the molecule is Cc1nc2c(cc1-c1ccc(F)cc1)c(=O)cc(Nc1ccccc1)n2-c1ccccc1. The number of fused-ring (bicyclic) bond motifs is 1. The van der Waals surface area contributed by atoms with E-state index < -0.39 is 0 Å². The molecule has 5 heteroatoms. The molecule has 0 amide bonds. The predicted octanol–water partition coefficient (Wildman–Crippen LogP) is 6.24. The number of hydrogen-bond donors (Lipinski definition) is 1. The Morgan fingerprint density at radius 3 is 2.19 bits per heavy atom. The van der Waals surface area contributed by atoms with Crippen LogP contribution in [0, 0.1) is 12.7 Å². The zero-order chi connectivity index (χ0) is 22.1. The third-order valence-corrected chi connectivity index (χ3v) is 5.39. The van der Waals surface area contributed by atoms with E-state index >= 15 is 0 Å². The minimum absolute atomic E-state index is 0.138. The van der Waals surface area contributed by atoms with Crippen LogP contribution in [0.15, 0.2) is 102 Å². The number of aromatic nitrogens is 2. The third kappa shape index (κ3) is 3.65. The fourth-order valence-electron chi connectivity index (χ4n) is 3.85. The average Bonchev–Trinajstić information content (AvgIpc) is 2.81. The summed E-state index contributed by atoms with van der Waals surface area (Å²) in [6.45, 7) is 1.90. The van der Waals surface area contributed by atoms with Gasteiger partial charge in [0.1, 0.15) is 17.3 Å². The first-order valence-electron chi connectivity index (χ1n) is 10.3. The van der Waals surface area contributed by atoms with E-state index in [0.29, 0.717) is 16.9 Å². The number of para-hydroxylation sites is 2. The summed E-state index contributed by atoms with van der Waals surface area (Å²) in [7, 11) is 0. The molecule has 0 spiro atoms. The summed E-state index contributed by atoms with van der Waals surface area (Å²) in [4.78, 5) is 18.0. The van der Waals surface area contributed by atoms with Crippen LogP contribution in [0.1, 0.15) is 5.69 Å². The van der Waals surface area contributed by atoms with Gasteiger partial charge in [0.25, 0.3) is 0 Å². The van der Waals surface area contributed by atoms with Crippen LogP contribution in [-0.4, -0.2) is 9.55 Å². The molecule has 0 bridgehead atoms. The molecule has 0 atom stereocenters. The van der Waals surface area contributed by atoms with Gasteiger partial charge in [0.2, 0.25) is 0 Å². The number of nitrogens with one attached hydrogen (secondary N) is 1. The van der Waals surface area contributed by atoms with Crippen molar-refractivity contribution < 1.29 is 4.39 Å². The summed E-state index contributed by atoms with van der Waals surface area (Å²) in [5.41, 5.74) is 4.55. The zero-order valence-corrected chi connectivity index (χ0v) is 17.4. The van der Waals surface area contributed by atoms with Gasteiger partial charge in [-0.05, 0) is 55.0 Å². The number of nitrogens with zero attached hydrogens (tertiary/aromatic N) is 2. The van der Waals surface area contributed by atoms with Crippen LogP contribution in [-0.2, 0) is 0 Å². The molecule has 2 heterocycles. The second kappa shape index (κ2) is 8.12. The summed E-state index contributed by atoms with van der Waals surface area (Å²) in [6, 6.07) is 29.2.